The molecule has 5 rings (SSSR count). The van der Waals surface area contributed by atoms with Gasteiger partial charge in [0.2, 0.25) is 0 Å². The molecule has 0 amide bonds. The van der Waals surface area contributed by atoms with E-state index in [0.717, 1.165) is 29.6 Å². The number of aliphatic imine (C=N–C) groups is 1. The van der Waals surface area contributed by atoms with Crippen LogP contribution in [0, 0.1) is 11.3 Å². The van der Waals surface area contributed by atoms with Crippen LogP contribution in [0.5, 0.6) is 5.75 Å². The second-order valence-corrected chi connectivity index (χ2v) is 9.91. The normalized spacial score (nSPS) is 21.3. The van der Waals surface area contributed by atoms with Crippen LogP contribution in [0.25, 0.3) is 11.4 Å². The Kier molecular flexibility index (Phi) is 7.06. The first-order valence-corrected chi connectivity index (χ1v) is 12.8. The summed E-state index contributed by atoms with van der Waals surface area (Å²) in [5.41, 5.74) is 2.89. The summed E-state index contributed by atoms with van der Waals surface area (Å²) in [6.45, 7) is 6.72. The predicted octanol–water partition coefficient (Wildman–Crippen LogP) is 2.58. The van der Waals surface area contributed by atoms with Crippen molar-refractivity contribution in [1.29, 1.82) is 5.41 Å². The maximum Gasteiger partial charge on any atom is 0.155 e. The Balaban J connectivity index is 1.42. The van der Waals surface area contributed by atoms with Crippen LogP contribution < -0.4 is 15.0 Å². The molecular weight excluding hydrogens is 442 g/mol. The van der Waals surface area contributed by atoms with Gasteiger partial charge >= 0.3 is 0 Å². The second-order valence-electron chi connectivity index (χ2n) is 9.91. The molecule has 9 heteroatoms. The van der Waals surface area contributed by atoms with Crippen molar-refractivity contribution in [2.24, 2.45) is 10.9 Å². The number of anilines is 1. The van der Waals surface area contributed by atoms with Crippen molar-refractivity contribution < 1.29 is 9.84 Å². The topological polar surface area (TPSA) is 102 Å². The smallest absolute Gasteiger partial charge is 0.155 e. The Morgan fingerprint density at radius 1 is 1.23 bits per heavy atom. The molecular formula is C26H37N7O2. The number of aliphatic hydroxyl groups is 1. The molecule has 0 radical (unpaired) electrons. The van der Waals surface area contributed by atoms with Gasteiger partial charge in [0.15, 0.2) is 5.84 Å². The van der Waals surface area contributed by atoms with Crippen LogP contribution in [-0.2, 0) is 6.54 Å². The molecule has 2 aromatic rings. The highest BCUT2D eigenvalue weighted by atomic mass is 16.5. The summed E-state index contributed by atoms with van der Waals surface area (Å²) in [5, 5.41) is 20.1. The van der Waals surface area contributed by atoms with Crippen LogP contribution in [0.15, 0.2) is 29.4 Å². The number of fused-ring (bicyclic) bond motifs is 3. The van der Waals surface area contributed by atoms with Gasteiger partial charge in [0.1, 0.15) is 29.7 Å². The van der Waals surface area contributed by atoms with Crippen molar-refractivity contribution in [2.45, 2.75) is 45.2 Å². The molecule has 1 aromatic heterocycles. The quantitative estimate of drug-likeness (QED) is 0.450. The van der Waals surface area contributed by atoms with Gasteiger partial charge in [-0.1, -0.05) is 0 Å². The molecule has 0 bridgehead atoms. The lowest BCUT2D eigenvalue weighted by Crippen LogP contribution is -2.41. The van der Waals surface area contributed by atoms with E-state index in [1.807, 2.05) is 6.20 Å². The molecule has 2 fully saturated rings. The number of nitrogens with zero attached hydrogens (tertiary/aromatic N) is 5. The number of amidine groups is 2. The van der Waals surface area contributed by atoms with E-state index >= 15 is 0 Å². The lowest BCUT2D eigenvalue weighted by Gasteiger charge is -2.38. The van der Waals surface area contributed by atoms with Crippen molar-refractivity contribution in [3.05, 3.63) is 30.1 Å². The predicted molar refractivity (Wildman–Crippen MR) is 139 cm³/mol. The first kappa shape index (κ1) is 23.8. The van der Waals surface area contributed by atoms with Crippen LogP contribution in [0.1, 0.15) is 38.3 Å². The zero-order valence-electron chi connectivity index (χ0n) is 20.8. The lowest BCUT2D eigenvalue weighted by atomic mass is 9.88. The second kappa shape index (κ2) is 10.4. The zero-order valence-corrected chi connectivity index (χ0v) is 20.8. The number of ether oxygens (including phenoxy) is 1. The van der Waals surface area contributed by atoms with Crippen molar-refractivity contribution in [2.75, 3.05) is 51.3 Å². The van der Waals surface area contributed by atoms with Crippen LogP contribution in [0.3, 0.4) is 0 Å². The molecule has 0 saturated carbocycles. The van der Waals surface area contributed by atoms with Gasteiger partial charge in [-0.15, -0.1) is 0 Å². The van der Waals surface area contributed by atoms with Gasteiger partial charge in [0.25, 0.3) is 0 Å². The molecule has 0 spiro atoms. The maximum absolute atomic E-state index is 9.24. The number of piperidine rings is 1. The number of hydrogen-bond acceptors (Lipinski definition) is 6. The number of rotatable bonds is 5. The number of nitrogens with one attached hydrogen (secondary N) is 2. The summed E-state index contributed by atoms with van der Waals surface area (Å²) >= 11 is 0. The van der Waals surface area contributed by atoms with E-state index in [1.165, 1.54) is 44.5 Å². The van der Waals surface area contributed by atoms with Gasteiger partial charge in [0, 0.05) is 37.1 Å². The lowest BCUT2D eigenvalue weighted by molar-refractivity contribution is 0.199. The molecule has 0 aliphatic carbocycles. The summed E-state index contributed by atoms with van der Waals surface area (Å²) in [7, 11) is 2.23. The van der Waals surface area contributed by atoms with E-state index in [9.17, 15) is 5.11 Å². The average Bonchev–Trinajstić information content (AvgIpc) is 3.46. The molecule has 2 saturated heterocycles. The standard InChI is InChI=1S/C26H37N7O2/c1-18(27)29-25(28-9-14-34)22-17-32-13-15-35-24-16-20(5-6-21(24)26(32)30-22)33-10-3-4-23(33)19-7-11-31(2)12-8-19/h5-6,16-17,19,23,34H,3-4,7-15H2,1-2H3,(H2,27,28,29). The minimum Gasteiger partial charge on any atom is -0.491 e. The van der Waals surface area contributed by atoms with Crippen molar-refractivity contribution in [3.63, 3.8) is 0 Å². The number of aliphatic hydroxyl groups excluding tert-OH is 1. The number of likely N-dealkylation sites (tertiary alicyclic amines) is 1. The largest absolute Gasteiger partial charge is 0.491 e. The third-order valence-corrected chi connectivity index (χ3v) is 7.44. The van der Waals surface area contributed by atoms with E-state index in [-0.39, 0.29) is 12.4 Å². The van der Waals surface area contributed by atoms with E-state index in [2.05, 4.69) is 49.9 Å². The monoisotopic (exact) mass is 479 g/mol. The van der Waals surface area contributed by atoms with Crippen molar-refractivity contribution in [3.8, 4) is 17.1 Å². The van der Waals surface area contributed by atoms with Gasteiger partial charge in [-0.3, -0.25) is 5.41 Å². The molecule has 4 heterocycles. The molecule has 1 aromatic carbocycles. The molecule has 3 aliphatic rings. The third-order valence-electron chi connectivity index (χ3n) is 7.44. The number of benzene rings is 1. The van der Waals surface area contributed by atoms with Crippen molar-refractivity contribution in [1.82, 2.24) is 19.8 Å². The summed E-state index contributed by atoms with van der Waals surface area (Å²) in [6.07, 6.45) is 7.03. The van der Waals surface area contributed by atoms with E-state index in [0.29, 0.717) is 37.3 Å². The summed E-state index contributed by atoms with van der Waals surface area (Å²) in [5.74, 6) is 3.17. The highest BCUT2D eigenvalue weighted by Gasteiger charge is 2.34. The number of imidazole rings is 1. The maximum atomic E-state index is 9.24. The molecule has 9 nitrogen and oxygen atoms in total. The minimum absolute atomic E-state index is 0.0157. The molecule has 188 valence electrons. The third kappa shape index (κ3) is 5.06. The first-order valence-electron chi connectivity index (χ1n) is 12.8. The van der Waals surface area contributed by atoms with Gasteiger partial charge in [-0.2, -0.15) is 0 Å². The van der Waals surface area contributed by atoms with Crippen LogP contribution in [0.4, 0.5) is 5.69 Å². The van der Waals surface area contributed by atoms with Crippen LogP contribution in [-0.4, -0.2) is 83.7 Å². The van der Waals surface area contributed by atoms with Crippen LogP contribution in [0.2, 0.25) is 0 Å². The van der Waals surface area contributed by atoms with Crippen LogP contribution >= 0.6 is 0 Å². The molecule has 3 N–H and O–H groups in total. The van der Waals surface area contributed by atoms with Gasteiger partial charge in [-0.05, 0) is 70.8 Å². The summed E-state index contributed by atoms with van der Waals surface area (Å²) in [4.78, 5) is 14.2. The fraction of sp³-hybridized carbons (Fsp3) is 0.577. The zero-order chi connectivity index (χ0) is 24.4. The van der Waals surface area contributed by atoms with Gasteiger partial charge < -0.3 is 29.5 Å². The summed E-state index contributed by atoms with van der Waals surface area (Å²) in [6, 6.07) is 7.18. The Morgan fingerprint density at radius 2 is 2.06 bits per heavy atom. The summed E-state index contributed by atoms with van der Waals surface area (Å²) < 4.78 is 8.30. The Bertz CT molecular complexity index is 1090. The van der Waals surface area contributed by atoms with E-state index in [1.54, 1.807) is 6.92 Å². The van der Waals surface area contributed by atoms with Crippen molar-refractivity contribution >= 4 is 17.4 Å². The van der Waals surface area contributed by atoms with Gasteiger partial charge in [0.05, 0.1) is 18.7 Å². The fourth-order valence-electron chi connectivity index (χ4n) is 5.71. The number of hydrogen-bond donors (Lipinski definition) is 3. The Labute approximate surface area is 207 Å². The van der Waals surface area contributed by atoms with Gasteiger partial charge in [-0.25, -0.2) is 9.98 Å². The van der Waals surface area contributed by atoms with E-state index < -0.39 is 0 Å². The Morgan fingerprint density at radius 3 is 2.83 bits per heavy atom. The average molecular weight is 480 g/mol. The molecule has 35 heavy (non-hydrogen) atoms. The SMILES string of the molecule is CC(=N)/N=C(\NCCO)c1cn2c(n1)-c1ccc(N3CCCC3C3CCN(C)CC3)cc1OCC2. The van der Waals surface area contributed by atoms with E-state index in [4.69, 9.17) is 15.1 Å². The highest BCUT2D eigenvalue weighted by molar-refractivity contribution is 6.04. The molecule has 1 atom stereocenters. The highest BCUT2D eigenvalue weighted by Crippen LogP contribution is 2.39. The minimum atomic E-state index is -0.0157. The molecule has 3 aliphatic heterocycles. The Hall–Kier alpha value is -2.91. The first-order chi connectivity index (χ1) is 17.0. The fourth-order valence-corrected chi connectivity index (χ4v) is 5.71. The number of aromatic nitrogens is 2. The molecule has 1 unspecified atom stereocenters.